The average molecular weight is 463 g/mol. The Kier molecular flexibility index (Phi) is 9.26. The summed E-state index contributed by atoms with van der Waals surface area (Å²) in [7, 11) is -2.29. The smallest absolute Gasteiger partial charge is 0.280 e. The van der Waals surface area contributed by atoms with E-state index in [2.05, 4.69) is 20.2 Å². The SMILES string of the molecule is COCCNS(=O)(=O)c1ccc(/C(=N\OCCCO)C(=O)Nc2ncc(F)s2)cc1.[HH]. The normalized spacial score (nSPS) is 12.0. The van der Waals surface area contributed by atoms with Gasteiger partial charge in [0.2, 0.25) is 10.0 Å². The van der Waals surface area contributed by atoms with Crippen molar-refractivity contribution in [2.45, 2.75) is 11.3 Å². The van der Waals surface area contributed by atoms with E-state index in [1.165, 1.54) is 31.4 Å². The molecule has 1 amide bonds. The minimum atomic E-state index is -3.74. The van der Waals surface area contributed by atoms with Crippen LogP contribution in [0.3, 0.4) is 0 Å². The van der Waals surface area contributed by atoms with E-state index in [1.807, 2.05) is 0 Å². The van der Waals surface area contributed by atoms with Crippen LogP contribution < -0.4 is 10.0 Å². The van der Waals surface area contributed by atoms with Crippen LogP contribution in [0.25, 0.3) is 0 Å². The molecule has 0 fully saturated rings. The fraction of sp³-hybridized carbons (Fsp3) is 0.353. The number of oxime groups is 1. The van der Waals surface area contributed by atoms with Gasteiger partial charge in [0.15, 0.2) is 16.0 Å². The maximum atomic E-state index is 13.1. The third-order valence-corrected chi connectivity index (χ3v) is 5.68. The molecule has 0 unspecified atom stereocenters. The molecule has 0 spiro atoms. The molecule has 0 saturated heterocycles. The number of carbonyl (C=O) groups is 1. The second-order valence-electron chi connectivity index (χ2n) is 5.69. The summed E-state index contributed by atoms with van der Waals surface area (Å²) in [5.41, 5.74) is 0.101. The van der Waals surface area contributed by atoms with Gasteiger partial charge in [-0.25, -0.2) is 18.1 Å². The fourth-order valence-corrected chi connectivity index (χ4v) is 3.64. The second-order valence-corrected chi connectivity index (χ2v) is 8.44. The number of nitrogens with one attached hydrogen (secondary N) is 2. The van der Waals surface area contributed by atoms with E-state index < -0.39 is 21.1 Å². The van der Waals surface area contributed by atoms with Crippen LogP contribution in [-0.4, -0.2) is 63.6 Å². The quantitative estimate of drug-likeness (QED) is 0.245. The zero-order valence-electron chi connectivity index (χ0n) is 16.0. The van der Waals surface area contributed by atoms with E-state index in [1.54, 1.807) is 0 Å². The Balaban J connectivity index is 0.00000480. The lowest BCUT2D eigenvalue weighted by atomic mass is 10.1. The standard InChI is InChI=1S/C17H21FN4O6S2.H2/c1-27-10-7-20-30(25,26)13-5-3-12(4-6-13)15(22-28-9-2-8-23)16(24)21-17-19-11-14(18)29-17;/h3-6,11,20,23H,2,7-10H2,1H3,(H,19,21,24);1H/b22-15+;. The maximum absolute atomic E-state index is 13.1. The number of ether oxygens (including phenoxy) is 1. The predicted octanol–water partition coefficient (Wildman–Crippen LogP) is 1.19. The first-order chi connectivity index (χ1) is 14.4. The molecule has 0 atom stereocenters. The first-order valence-electron chi connectivity index (χ1n) is 8.70. The summed E-state index contributed by atoms with van der Waals surface area (Å²) in [5, 5.41) is 14.5. The zero-order chi connectivity index (χ0) is 22.0. The number of aliphatic hydroxyl groups excluding tert-OH is 1. The summed E-state index contributed by atoms with van der Waals surface area (Å²) < 4.78 is 44.8. The van der Waals surface area contributed by atoms with Crippen molar-refractivity contribution >= 4 is 38.1 Å². The number of sulfonamides is 1. The van der Waals surface area contributed by atoms with Gasteiger partial charge in [-0.1, -0.05) is 28.6 Å². The van der Waals surface area contributed by atoms with Crippen molar-refractivity contribution in [1.82, 2.24) is 9.71 Å². The van der Waals surface area contributed by atoms with Crippen LogP contribution in [0, 0.1) is 5.13 Å². The van der Waals surface area contributed by atoms with Crippen molar-refractivity contribution in [3.05, 3.63) is 41.2 Å². The molecule has 0 bridgehead atoms. The van der Waals surface area contributed by atoms with Gasteiger partial charge in [0.05, 0.1) is 17.7 Å². The molecule has 10 nitrogen and oxygen atoms in total. The van der Waals surface area contributed by atoms with E-state index in [0.29, 0.717) is 17.8 Å². The van der Waals surface area contributed by atoms with E-state index in [-0.39, 0.29) is 49.1 Å². The van der Waals surface area contributed by atoms with Gasteiger partial charge in [-0.15, -0.1) is 0 Å². The minimum absolute atomic E-state index is 0. The summed E-state index contributed by atoms with van der Waals surface area (Å²) in [4.78, 5) is 21.3. The van der Waals surface area contributed by atoms with Crippen molar-refractivity contribution < 1.29 is 33.7 Å². The molecule has 0 aliphatic carbocycles. The van der Waals surface area contributed by atoms with Crippen molar-refractivity contribution in [3.63, 3.8) is 0 Å². The van der Waals surface area contributed by atoms with Crippen LogP contribution in [0.1, 0.15) is 13.4 Å². The number of benzene rings is 1. The highest BCUT2D eigenvalue weighted by molar-refractivity contribution is 7.89. The summed E-state index contributed by atoms with van der Waals surface area (Å²) in [6.07, 6.45) is 1.27. The van der Waals surface area contributed by atoms with Gasteiger partial charge in [0.1, 0.15) is 6.61 Å². The van der Waals surface area contributed by atoms with Gasteiger partial charge in [0, 0.05) is 33.7 Å². The predicted molar refractivity (Wildman–Crippen MR) is 111 cm³/mol. The van der Waals surface area contributed by atoms with Gasteiger partial charge >= 0.3 is 0 Å². The molecule has 1 heterocycles. The second kappa shape index (κ2) is 11.7. The number of amides is 1. The lowest BCUT2D eigenvalue weighted by molar-refractivity contribution is -0.110. The van der Waals surface area contributed by atoms with Gasteiger partial charge in [0.25, 0.3) is 5.91 Å². The molecule has 1 aromatic heterocycles. The van der Waals surface area contributed by atoms with Crippen molar-refractivity contribution in [3.8, 4) is 0 Å². The minimum Gasteiger partial charge on any atom is -0.396 e. The Morgan fingerprint density at radius 1 is 1.33 bits per heavy atom. The van der Waals surface area contributed by atoms with Crippen molar-refractivity contribution in [2.24, 2.45) is 5.16 Å². The number of carbonyl (C=O) groups excluding carboxylic acids is 1. The number of aliphatic hydroxyl groups is 1. The molecule has 3 N–H and O–H groups in total. The Bertz CT molecular complexity index is 969. The van der Waals surface area contributed by atoms with Gasteiger partial charge in [-0.2, -0.15) is 4.39 Å². The molecule has 30 heavy (non-hydrogen) atoms. The fourth-order valence-electron chi connectivity index (χ4n) is 2.09. The van der Waals surface area contributed by atoms with Crippen LogP contribution in [0.4, 0.5) is 9.52 Å². The lowest BCUT2D eigenvalue weighted by Crippen LogP contribution is -2.27. The number of halogens is 1. The number of thiazole rings is 1. The molecule has 2 rings (SSSR count). The Morgan fingerprint density at radius 3 is 2.67 bits per heavy atom. The highest BCUT2D eigenvalue weighted by atomic mass is 32.2. The number of aromatic nitrogens is 1. The summed E-state index contributed by atoms with van der Waals surface area (Å²) >= 11 is 0.639. The van der Waals surface area contributed by atoms with Crippen molar-refractivity contribution in [1.29, 1.82) is 0 Å². The molecule has 13 heteroatoms. The summed E-state index contributed by atoms with van der Waals surface area (Å²) in [6.45, 7) is 0.280. The van der Waals surface area contributed by atoms with Crippen LogP contribution in [-0.2, 0) is 24.4 Å². The highest BCUT2D eigenvalue weighted by Gasteiger charge is 2.19. The highest BCUT2D eigenvalue weighted by Crippen LogP contribution is 2.17. The number of rotatable bonds is 12. The molecular weight excluding hydrogens is 439 g/mol. The molecule has 2 aromatic rings. The number of nitrogens with zero attached hydrogens (tertiary/aromatic N) is 2. The van der Waals surface area contributed by atoms with E-state index >= 15 is 0 Å². The van der Waals surface area contributed by atoms with E-state index in [4.69, 9.17) is 14.7 Å². The first kappa shape index (κ1) is 23.8. The largest absolute Gasteiger partial charge is 0.396 e. The van der Waals surface area contributed by atoms with Crippen LogP contribution in [0.15, 0.2) is 40.5 Å². The van der Waals surface area contributed by atoms with Crippen molar-refractivity contribution in [2.75, 3.05) is 38.8 Å². The van der Waals surface area contributed by atoms with Crippen LogP contribution in [0.2, 0.25) is 0 Å². The lowest BCUT2D eigenvalue weighted by Gasteiger charge is -2.09. The Morgan fingerprint density at radius 2 is 2.07 bits per heavy atom. The number of anilines is 1. The zero-order valence-corrected chi connectivity index (χ0v) is 17.6. The maximum Gasteiger partial charge on any atom is 0.280 e. The molecule has 0 radical (unpaired) electrons. The summed E-state index contributed by atoms with van der Waals surface area (Å²) in [5.74, 6) is -0.720. The van der Waals surface area contributed by atoms with Crippen LogP contribution >= 0.6 is 11.3 Å². The topological polar surface area (TPSA) is 139 Å². The van der Waals surface area contributed by atoms with Gasteiger partial charge in [-0.3, -0.25) is 10.1 Å². The number of hydrogen-bond donors (Lipinski definition) is 3. The molecule has 0 aliphatic heterocycles. The number of hydrogen-bond acceptors (Lipinski definition) is 9. The molecule has 0 aliphatic rings. The molecular formula is C17H23FN4O6S2. The molecule has 1 aromatic carbocycles. The average Bonchev–Trinajstić information content (AvgIpc) is 3.12. The number of methoxy groups -OCH3 is 1. The third-order valence-electron chi connectivity index (χ3n) is 3.50. The molecule has 166 valence electrons. The molecule has 0 saturated carbocycles. The van der Waals surface area contributed by atoms with Gasteiger partial charge in [-0.05, 0) is 12.1 Å². The van der Waals surface area contributed by atoms with E-state index in [0.717, 1.165) is 6.20 Å². The Labute approximate surface area is 178 Å². The van der Waals surface area contributed by atoms with Crippen LogP contribution in [0.5, 0.6) is 0 Å². The van der Waals surface area contributed by atoms with Gasteiger partial charge < -0.3 is 14.7 Å². The Hall–Kier alpha value is -2.45. The third kappa shape index (κ3) is 7.11. The van der Waals surface area contributed by atoms with E-state index in [9.17, 15) is 17.6 Å². The first-order valence-corrected chi connectivity index (χ1v) is 11.0. The monoisotopic (exact) mass is 462 g/mol. The summed E-state index contributed by atoms with van der Waals surface area (Å²) in [6, 6.07) is 5.40.